The average Bonchev–Trinajstić information content (AvgIpc) is 3.00. The average molecular weight is 639 g/mol. The van der Waals surface area contributed by atoms with Gasteiger partial charge in [0, 0.05) is 54.1 Å². The van der Waals surface area contributed by atoms with E-state index in [2.05, 4.69) is 30.6 Å². The van der Waals surface area contributed by atoms with Crippen LogP contribution in [0.15, 0.2) is 55.0 Å². The van der Waals surface area contributed by atoms with Crippen LogP contribution in [0.1, 0.15) is 35.7 Å². The Balaban J connectivity index is 1.46. The molecule has 232 valence electrons. The zero-order valence-corrected chi connectivity index (χ0v) is 23.2. The number of hydrogen-bond acceptors (Lipinski definition) is 9. The lowest BCUT2D eigenvalue weighted by Gasteiger charge is -2.23. The summed E-state index contributed by atoms with van der Waals surface area (Å²) in [4.78, 5) is 15.9. The van der Waals surface area contributed by atoms with Crippen LogP contribution in [0.25, 0.3) is 11.3 Å². The van der Waals surface area contributed by atoms with Gasteiger partial charge >= 0.3 is 6.18 Å². The lowest BCUT2D eigenvalue weighted by molar-refractivity contribution is -0.141. The van der Waals surface area contributed by atoms with Crippen molar-refractivity contribution in [3.8, 4) is 22.9 Å². The Hall–Kier alpha value is -4.19. The Morgan fingerprint density at radius 2 is 1.89 bits per heavy atom. The Labute approximate surface area is 248 Å². The van der Waals surface area contributed by atoms with Crippen LogP contribution >= 0.6 is 0 Å². The lowest BCUT2D eigenvalue weighted by Crippen LogP contribution is -2.38. The maximum absolute atomic E-state index is 15.4. The summed E-state index contributed by atoms with van der Waals surface area (Å²) >= 11 is -3.18. The number of rotatable bonds is 9. The molecule has 4 heterocycles. The van der Waals surface area contributed by atoms with Crippen molar-refractivity contribution < 1.29 is 39.8 Å². The molecule has 0 saturated carbocycles. The first-order chi connectivity index (χ1) is 21.0. The molecule has 3 atom stereocenters. The van der Waals surface area contributed by atoms with Crippen molar-refractivity contribution in [1.29, 1.82) is 0 Å². The quantitative estimate of drug-likeness (QED) is 0.134. The van der Waals surface area contributed by atoms with Gasteiger partial charge in [0.15, 0.2) is 11.6 Å². The van der Waals surface area contributed by atoms with Gasteiger partial charge in [-0.25, -0.2) is 28.5 Å². The molecule has 1 saturated heterocycles. The van der Waals surface area contributed by atoms with Crippen molar-refractivity contribution in [2.75, 3.05) is 18.4 Å². The van der Waals surface area contributed by atoms with Crippen molar-refractivity contribution in [2.24, 2.45) is 0 Å². The summed E-state index contributed by atoms with van der Waals surface area (Å²) in [5.41, 5.74) is -2.31. The van der Waals surface area contributed by atoms with E-state index >= 15 is 13.2 Å². The Morgan fingerprint density at radius 1 is 1.07 bits per heavy atom. The number of ether oxygens (including phenoxy) is 1. The molecule has 0 spiro atoms. The van der Waals surface area contributed by atoms with E-state index in [1.165, 1.54) is 24.5 Å². The van der Waals surface area contributed by atoms with E-state index in [1.54, 1.807) is 10.8 Å². The molecular formula is C27H22F6N7O3S-. The van der Waals surface area contributed by atoms with Crippen molar-refractivity contribution >= 4 is 17.2 Å². The van der Waals surface area contributed by atoms with Crippen LogP contribution in [0.3, 0.4) is 0 Å². The van der Waals surface area contributed by atoms with Gasteiger partial charge in [0.25, 0.3) is 0 Å². The molecule has 0 radical (unpaired) electrons. The predicted octanol–water partition coefficient (Wildman–Crippen LogP) is 4.80. The van der Waals surface area contributed by atoms with Crippen LogP contribution < -0.4 is 20.1 Å². The Bertz CT molecular complexity index is 1660. The fourth-order valence-electron chi connectivity index (χ4n) is 4.57. The molecule has 10 nitrogen and oxygen atoms in total. The topological polar surface area (TPSA) is 137 Å². The second-order valence-electron chi connectivity index (χ2n) is 9.57. The monoisotopic (exact) mass is 638 g/mol. The predicted molar refractivity (Wildman–Crippen MR) is 144 cm³/mol. The number of piperidine rings is 1. The normalized spacial score (nSPS) is 16.8. The molecule has 3 N–H and O–H groups in total. The Kier molecular flexibility index (Phi) is 9.38. The van der Waals surface area contributed by atoms with Gasteiger partial charge in [-0.2, -0.15) is 17.6 Å². The molecule has 4 aromatic rings. The molecular weight excluding hydrogens is 616 g/mol. The molecule has 0 aliphatic carbocycles. The van der Waals surface area contributed by atoms with E-state index in [1.807, 2.05) is 0 Å². The minimum absolute atomic E-state index is 0.0953. The zero-order valence-electron chi connectivity index (χ0n) is 22.4. The third-order valence-corrected chi connectivity index (χ3v) is 7.04. The van der Waals surface area contributed by atoms with E-state index in [0.717, 1.165) is 32.0 Å². The summed E-state index contributed by atoms with van der Waals surface area (Å²) in [6.07, 6.45) is 0.408. The molecule has 0 bridgehead atoms. The molecule has 1 aliphatic heterocycles. The highest BCUT2D eigenvalue weighted by molar-refractivity contribution is 7.77. The number of hydrogen-bond donors (Lipinski definition) is 3. The molecule has 5 rings (SSSR count). The molecule has 1 unspecified atom stereocenters. The minimum Gasteiger partial charge on any atom is -0.760 e. The SMILES string of the molecule is O=S([O-])N[C@@H](c1ccc(C(F)(F)F)nc1)c1c(F)cc(Oc2ncccc2-c2ccnc(N[C@H]3CCCNC3)n2)c(F)c1F. The van der Waals surface area contributed by atoms with Crippen LogP contribution in [0.2, 0.25) is 0 Å². The summed E-state index contributed by atoms with van der Waals surface area (Å²) in [5, 5.41) is 6.49. The molecule has 3 aromatic heterocycles. The number of alkyl halides is 3. The summed E-state index contributed by atoms with van der Waals surface area (Å²) < 4.78 is 115. The van der Waals surface area contributed by atoms with Gasteiger partial charge in [-0.3, -0.25) is 9.19 Å². The van der Waals surface area contributed by atoms with E-state index in [-0.39, 0.29) is 17.5 Å². The van der Waals surface area contributed by atoms with E-state index in [4.69, 9.17) is 4.74 Å². The fourth-order valence-corrected chi connectivity index (χ4v) is 5.01. The van der Waals surface area contributed by atoms with E-state index in [0.29, 0.717) is 30.0 Å². The van der Waals surface area contributed by atoms with Crippen LogP contribution in [0.4, 0.5) is 32.3 Å². The molecule has 1 aromatic carbocycles. The number of halogens is 6. The van der Waals surface area contributed by atoms with Crippen molar-refractivity contribution in [1.82, 2.24) is 30.0 Å². The smallest absolute Gasteiger partial charge is 0.433 e. The van der Waals surface area contributed by atoms with Crippen molar-refractivity contribution in [2.45, 2.75) is 31.1 Å². The Morgan fingerprint density at radius 3 is 2.57 bits per heavy atom. The second-order valence-corrected chi connectivity index (χ2v) is 10.3. The van der Waals surface area contributed by atoms with Crippen LogP contribution in [0, 0.1) is 17.5 Å². The van der Waals surface area contributed by atoms with Gasteiger partial charge in [0.05, 0.1) is 17.3 Å². The third-order valence-electron chi connectivity index (χ3n) is 6.61. The van der Waals surface area contributed by atoms with Crippen LogP contribution in [0.5, 0.6) is 11.6 Å². The summed E-state index contributed by atoms with van der Waals surface area (Å²) in [6, 6.07) is 4.46. The maximum atomic E-state index is 15.4. The van der Waals surface area contributed by atoms with Gasteiger partial charge in [-0.05, 0) is 49.2 Å². The van der Waals surface area contributed by atoms with Crippen molar-refractivity contribution in [3.63, 3.8) is 0 Å². The minimum atomic E-state index is -4.83. The number of pyridine rings is 2. The lowest BCUT2D eigenvalue weighted by atomic mass is 9.99. The van der Waals surface area contributed by atoms with E-state index < -0.39 is 63.5 Å². The van der Waals surface area contributed by atoms with Gasteiger partial charge in [0.2, 0.25) is 17.6 Å². The molecule has 1 aliphatic rings. The molecule has 17 heteroatoms. The molecule has 0 amide bonds. The molecule has 1 fully saturated rings. The maximum Gasteiger partial charge on any atom is 0.433 e. The number of anilines is 1. The number of nitrogens with zero attached hydrogens (tertiary/aromatic N) is 4. The van der Waals surface area contributed by atoms with Crippen LogP contribution in [-0.2, 0) is 17.4 Å². The van der Waals surface area contributed by atoms with Gasteiger partial charge in [-0.1, -0.05) is 6.07 Å². The first kappa shape index (κ1) is 31.2. The largest absolute Gasteiger partial charge is 0.760 e. The van der Waals surface area contributed by atoms with Crippen LogP contribution in [-0.4, -0.2) is 47.8 Å². The fraction of sp³-hybridized carbons (Fsp3) is 0.259. The molecule has 44 heavy (non-hydrogen) atoms. The standard InChI is InChI=1S/C27H23F6N7O3S/c28-17-11-19(22(29)23(30)21(17)24(40-44(41)42)14-5-6-20(37-12-14)27(31,32)33)43-25-16(4-2-9-35-25)18-7-10-36-26(39-18)38-15-3-1-8-34-13-15/h2,4-7,9-12,15,24,34,40H,1,3,8,13H2,(H,41,42)(H,36,38,39)/p-1/t15-,24-/m0/s1. The number of benzene rings is 1. The summed E-state index contributed by atoms with van der Waals surface area (Å²) in [5.74, 6) is -5.91. The van der Waals surface area contributed by atoms with Crippen molar-refractivity contribution in [3.05, 3.63) is 89.3 Å². The first-order valence-electron chi connectivity index (χ1n) is 13.0. The highest BCUT2D eigenvalue weighted by Gasteiger charge is 2.33. The highest BCUT2D eigenvalue weighted by Crippen LogP contribution is 2.37. The number of nitrogens with one attached hydrogen (secondary N) is 3. The summed E-state index contributed by atoms with van der Waals surface area (Å²) in [7, 11) is 0. The van der Waals surface area contributed by atoms with Gasteiger partial charge in [-0.15, -0.1) is 0 Å². The van der Waals surface area contributed by atoms with E-state index in [9.17, 15) is 21.9 Å². The second kappa shape index (κ2) is 13.2. The third kappa shape index (κ3) is 7.12. The van der Waals surface area contributed by atoms with Gasteiger partial charge in [0.1, 0.15) is 11.5 Å². The summed E-state index contributed by atoms with van der Waals surface area (Å²) in [6.45, 7) is 1.63. The first-order valence-corrected chi connectivity index (χ1v) is 14.1. The zero-order chi connectivity index (χ0) is 31.4. The van der Waals surface area contributed by atoms with Gasteiger partial charge < -0.3 is 19.9 Å². The highest BCUT2D eigenvalue weighted by atomic mass is 32.2. The number of aromatic nitrogens is 4.